The van der Waals surface area contributed by atoms with Crippen molar-refractivity contribution in [1.82, 2.24) is 4.90 Å². The van der Waals surface area contributed by atoms with Crippen molar-refractivity contribution in [3.05, 3.63) is 0 Å². The minimum atomic E-state index is 0.353. The van der Waals surface area contributed by atoms with Crippen molar-refractivity contribution in [2.45, 2.75) is 65.2 Å². The molecule has 0 spiro atoms. The maximum Gasteiger partial charge on any atom is 0.225 e. The van der Waals surface area contributed by atoms with Gasteiger partial charge in [-0.25, -0.2) is 0 Å². The number of nitrogens with zero attached hydrogens (tertiary/aromatic N) is 1. The van der Waals surface area contributed by atoms with Crippen molar-refractivity contribution < 1.29 is 4.79 Å². The smallest absolute Gasteiger partial charge is 0.225 e. The fraction of sp³-hybridized carbons (Fsp3) is 0.938. The molecule has 0 bridgehead atoms. The van der Waals surface area contributed by atoms with E-state index in [0.717, 1.165) is 31.3 Å². The van der Waals surface area contributed by atoms with Crippen LogP contribution >= 0.6 is 0 Å². The average molecular weight is 251 g/mol. The summed E-state index contributed by atoms with van der Waals surface area (Å²) in [4.78, 5) is 14.5. The Kier molecular flexibility index (Phi) is 5.08. The van der Waals surface area contributed by atoms with E-state index in [-0.39, 0.29) is 0 Å². The topological polar surface area (TPSA) is 20.3 Å². The van der Waals surface area contributed by atoms with E-state index >= 15 is 0 Å². The summed E-state index contributed by atoms with van der Waals surface area (Å²) in [6.07, 6.45) is 9.98. The van der Waals surface area contributed by atoms with E-state index in [0.29, 0.717) is 11.8 Å². The normalized spacial score (nSPS) is 30.4. The van der Waals surface area contributed by atoms with Crippen molar-refractivity contribution in [3.63, 3.8) is 0 Å². The van der Waals surface area contributed by atoms with Gasteiger partial charge in [0.1, 0.15) is 0 Å². The highest BCUT2D eigenvalue weighted by Gasteiger charge is 2.31. The highest BCUT2D eigenvalue weighted by molar-refractivity contribution is 5.79. The highest BCUT2D eigenvalue weighted by atomic mass is 16.2. The van der Waals surface area contributed by atoms with Gasteiger partial charge in [0.25, 0.3) is 0 Å². The minimum absolute atomic E-state index is 0.353. The van der Waals surface area contributed by atoms with E-state index in [1.165, 1.54) is 44.9 Å². The lowest BCUT2D eigenvalue weighted by molar-refractivity contribution is -0.136. The predicted octanol–water partition coefficient (Wildman–Crippen LogP) is 3.85. The molecule has 1 aliphatic carbocycles. The molecule has 1 saturated heterocycles. The molecule has 2 fully saturated rings. The molecule has 1 heterocycles. The zero-order valence-corrected chi connectivity index (χ0v) is 12.2. The molecule has 3 atom stereocenters. The lowest BCUT2D eigenvalue weighted by Crippen LogP contribution is -2.36. The Bertz CT molecular complexity index is 270. The second-order valence-corrected chi connectivity index (χ2v) is 6.51. The van der Waals surface area contributed by atoms with Crippen LogP contribution in [0.1, 0.15) is 65.2 Å². The van der Waals surface area contributed by atoms with Crippen LogP contribution in [-0.4, -0.2) is 23.9 Å². The van der Waals surface area contributed by atoms with Crippen LogP contribution in [0.25, 0.3) is 0 Å². The van der Waals surface area contributed by atoms with E-state index in [1.54, 1.807) is 0 Å². The average Bonchev–Trinajstić information content (AvgIpc) is 2.92. The van der Waals surface area contributed by atoms with Crippen molar-refractivity contribution in [2.75, 3.05) is 13.1 Å². The first kappa shape index (κ1) is 13.9. The molecule has 0 radical (unpaired) electrons. The number of hydrogen-bond donors (Lipinski definition) is 0. The summed E-state index contributed by atoms with van der Waals surface area (Å²) in [6.45, 7) is 6.67. The molecular weight excluding hydrogens is 222 g/mol. The van der Waals surface area contributed by atoms with Gasteiger partial charge >= 0.3 is 0 Å². The molecule has 104 valence electrons. The molecule has 1 amide bonds. The van der Waals surface area contributed by atoms with Crippen molar-refractivity contribution >= 4 is 5.91 Å². The van der Waals surface area contributed by atoms with Gasteiger partial charge in [-0.3, -0.25) is 4.79 Å². The molecule has 1 aliphatic heterocycles. The summed E-state index contributed by atoms with van der Waals surface area (Å²) in [7, 11) is 0. The van der Waals surface area contributed by atoms with Crippen molar-refractivity contribution in [1.29, 1.82) is 0 Å². The number of carbonyl (C=O) groups is 1. The Morgan fingerprint density at radius 1 is 1.22 bits per heavy atom. The molecule has 0 aromatic heterocycles. The monoisotopic (exact) mass is 251 g/mol. The van der Waals surface area contributed by atoms with Crippen molar-refractivity contribution in [3.8, 4) is 0 Å². The second kappa shape index (κ2) is 6.58. The van der Waals surface area contributed by atoms with Gasteiger partial charge in [0.15, 0.2) is 0 Å². The molecule has 0 aromatic rings. The largest absolute Gasteiger partial charge is 0.342 e. The van der Waals surface area contributed by atoms with Crippen LogP contribution in [0.5, 0.6) is 0 Å². The minimum Gasteiger partial charge on any atom is -0.342 e. The van der Waals surface area contributed by atoms with Crippen LogP contribution in [0.3, 0.4) is 0 Å². The van der Waals surface area contributed by atoms with Crippen LogP contribution in [0.15, 0.2) is 0 Å². The first-order chi connectivity index (χ1) is 8.70. The molecular formula is C16H29NO. The van der Waals surface area contributed by atoms with E-state index in [9.17, 15) is 4.79 Å². The van der Waals surface area contributed by atoms with Crippen LogP contribution in [0.4, 0.5) is 0 Å². The third-order valence-corrected chi connectivity index (χ3v) is 4.98. The van der Waals surface area contributed by atoms with Gasteiger partial charge in [0, 0.05) is 19.0 Å². The number of rotatable bonds is 4. The molecule has 2 heteroatoms. The third kappa shape index (κ3) is 3.49. The number of amides is 1. The quantitative estimate of drug-likeness (QED) is 0.743. The fourth-order valence-corrected chi connectivity index (χ4v) is 3.66. The fourth-order valence-electron chi connectivity index (χ4n) is 3.66. The molecule has 0 N–H and O–H groups in total. The zero-order chi connectivity index (χ0) is 13.0. The van der Waals surface area contributed by atoms with E-state index in [4.69, 9.17) is 0 Å². The molecule has 2 nitrogen and oxygen atoms in total. The second-order valence-electron chi connectivity index (χ2n) is 6.51. The third-order valence-electron chi connectivity index (χ3n) is 4.98. The predicted molar refractivity (Wildman–Crippen MR) is 75.3 cm³/mol. The first-order valence-electron chi connectivity index (χ1n) is 7.99. The Hall–Kier alpha value is -0.530. The van der Waals surface area contributed by atoms with Gasteiger partial charge in [0.05, 0.1) is 0 Å². The Morgan fingerprint density at radius 3 is 2.61 bits per heavy atom. The summed E-state index contributed by atoms with van der Waals surface area (Å²) in [5, 5.41) is 0. The van der Waals surface area contributed by atoms with Crippen molar-refractivity contribution in [2.24, 2.45) is 17.8 Å². The summed E-state index contributed by atoms with van der Waals surface area (Å²) >= 11 is 0. The van der Waals surface area contributed by atoms with Crippen LogP contribution in [0, 0.1) is 17.8 Å². The van der Waals surface area contributed by atoms with Gasteiger partial charge in [0.2, 0.25) is 5.91 Å². The SMILES string of the molecule is CCC(C)CC1CCCC(C(=O)N2CCCC2)C1. The lowest BCUT2D eigenvalue weighted by Gasteiger charge is -2.32. The maximum atomic E-state index is 12.4. The van der Waals surface area contributed by atoms with Crippen LogP contribution in [0.2, 0.25) is 0 Å². The van der Waals surface area contributed by atoms with E-state index in [1.807, 2.05) is 0 Å². The summed E-state index contributed by atoms with van der Waals surface area (Å²) in [6, 6.07) is 0. The number of carbonyl (C=O) groups excluding carboxylic acids is 1. The molecule has 1 saturated carbocycles. The van der Waals surface area contributed by atoms with E-state index in [2.05, 4.69) is 18.7 Å². The van der Waals surface area contributed by atoms with E-state index < -0.39 is 0 Å². The Labute approximate surface area is 112 Å². The molecule has 0 aromatic carbocycles. The standard InChI is InChI=1S/C16H29NO/c1-3-13(2)11-14-7-6-8-15(12-14)16(18)17-9-4-5-10-17/h13-15H,3-12H2,1-2H3. The van der Waals surface area contributed by atoms with Gasteiger partial charge in [-0.1, -0.05) is 33.1 Å². The van der Waals surface area contributed by atoms with Gasteiger partial charge in [-0.05, 0) is 43.9 Å². The van der Waals surface area contributed by atoms with Gasteiger partial charge < -0.3 is 4.90 Å². The van der Waals surface area contributed by atoms with Crippen LogP contribution in [-0.2, 0) is 4.79 Å². The molecule has 3 unspecified atom stereocenters. The maximum absolute atomic E-state index is 12.4. The first-order valence-corrected chi connectivity index (χ1v) is 7.99. The van der Waals surface area contributed by atoms with Crippen LogP contribution < -0.4 is 0 Å². The summed E-state index contributed by atoms with van der Waals surface area (Å²) in [5.41, 5.74) is 0. The van der Waals surface area contributed by atoms with Gasteiger partial charge in [-0.2, -0.15) is 0 Å². The molecule has 2 rings (SSSR count). The summed E-state index contributed by atoms with van der Waals surface area (Å²) in [5.74, 6) is 2.47. The Morgan fingerprint density at radius 2 is 1.94 bits per heavy atom. The molecule has 18 heavy (non-hydrogen) atoms. The highest BCUT2D eigenvalue weighted by Crippen LogP contribution is 2.35. The zero-order valence-electron chi connectivity index (χ0n) is 12.2. The summed E-state index contributed by atoms with van der Waals surface area (Å²) < 4.78 is 0. The number of hydrogen-bond acceptors (Lipinski definition) is 1. The lowest BCUT2D eigenvalue weighted by atomic mass is 9.77. The molecule has 2 aliphatic rings. The number of likely N-dealkylation sites (tertiary alicyclic amines) is 1. The Balaban J connectivity index is 1.83. The van der Waals surface area contributed by atoms with Gasteiger partial charge in [-0.15, -0.1) is 0 Å².